The molecule has 0 unspecified atom stereocenters. The number of urea groups is 1. The van der Waals surface area contributed by atoms with Gasteiger partial charge >= 0.3 is 6.03 Å². The van der Waals surface area contributed by atoms with Gasteiger partial charge in [-0.2, -0.15) is 0 Å². The Bertz CT molecular complexity index is 649. The van der Waals surface area contributed by atoms with E-state index >= 15 is 0 Å². The summed E-state index contributed by atoms with van der Waals surface area (Å²) in [5, 5.41) is 3.71. The van der Waals surface area contributed by atoms with Crippen LogP contribution < -0.4 is 5.32 Å². The molecule has 0 aromatic heterocycles. The van der Waals surface area contributed by atoms with E-state index in [1.54, 1.807) is 0 Å². The van der Waals surface area contributed by atoms with Crippen LogP contribution in [0.4, 0.5) is 4.79 Å². The lowest BCUT2D eigenvalue weighted by molar-refractivity contribution is 0.170. The lowest BCUT2D eigenvalue weighted by Gasteiger charge is -2.32. The molecule has 0 bridgehead atoms. The summed E-state index contributed by atoms with van der Waals surface area (Å²) >= 11 is 5.87. The van der Waals surface area contributed by atoms with Crippen molar-refractivity contribution >= 4 is 17.6 Å². The molecule has 2 amide bonds. The average molecular weight is 343 g/mol. The zero-order valence-electron chi connectivity index (χ0n) is 13.7. The topological polar surface area (TPSA) is 32.3 Å². The van der Waals surface area contributed by atoms with Gasteiger partial charge in [-0.05, 0) is 48.4 Å². The average Bonchev–Trinajstić information content (AvgIpc) is 2.62. The molecule has 24 heavy (non-hydrogen) atoms. The highest BCUT2D eigenvalue weighted by Gasteiger charge is 2.22. The lowest BCUT2D eigenvalue weighted by atomic mass is 9.90. The maximum absolute atomic E-state index is 12.3. The van der Waals surface area contributed by atoms with E-state index < -0.39 is 0 Å². The Morgan fingerprint density at radius 2 is 1.67 bits per heavy atom. The molecular weight excluding hydrogens is 320 g/mol. The second-order valence-electron chi connectivity index (χ2n) is 6.41. The first-order valence-electron chi connectivity index (χ1n) is 8.52. The van der Waals surface area contributed by atoms with Gasteiger partial charge in [0.1, 0.15) is 0 Å². The molecule has 0 atom stereocenters. The van der Waals surface area contributed by atoms with Crippen molar-refractivity contribution < 1.29 is 4.79 Å². The fourth-order valence-electron chi connectivity index (χ4n) is 3.18. The van der Waals surface area contributed by atoms with Crippen LogP contribution in [0.5, 0.6) is 0 Å². The van der Waals surface area contributed by atoms with Gasteiger partial charge in [-0.1, -0.05) is 54.1 Å². The molecule has 2 aromatic rings. The van der Waals surface area contributed by atoms with Crippen LogP contribution in [-0.2, 0) is 13.0 Å². The second-order valence-corrected chi connectivity index (χ2v) is 6.84. The Morgan fingerprint density at radius 1 is 1.00 bits per heavy atom. The molecule has 1 aliphatic heterocycles. The number of halogens is 1. The normalized spacial score (nSPS) is 15.3. The number of benzene rings is 2. The highest BCUT2D eigenvalue weighted by molar-refractivity contribution is 6.30. The van der Waals surface area contributed by atoms with E-state index in [0.717, 1.165) is 37.9 Å². The molecule has 0 radical (unpaired) electrons. The minimum Gasteiger partial charge on any atom is -0.334 e. The smallest absolute Gasteiger partial charge is 0.317 e. The van der Waals surface area contributed by atoms with Crippen LogP contribution in [0.25, 0.3) is 0 Å². The summed E-state index contributed by atoms with van der Waals surface area (Å²) in [4.78, 5) is 14.2. The summed E-state index contributed by atoms with van der Waals surface area (Å²) in [5.41, 5.74) is 2.45. The number of rotatable bonds is 4. The van der Waals surface area contributed by atoms with E-state index in [-0.39, 0.29) is 6.03 Å². The molecule has 3 rings (SSSR count). The van der Waals surface area contributed by atoms with Crippen molar-refractivity contribution in [2.24, 2.45) is 5.92 Å². The van der Waals surface area contributed by atoms with Gasteiger partial charge in [-0.3, -0.25) is 0 Å². The highest BCUT2D eigenvalue weighted by atomic mass is 35.5. The van der Waals surface area contributed by atoms with Gasteiger partial charge in [0.05, 0.1) is 0 Å². The van der Waals surface area contributed by atoms with Gasteiger partial charge in [-0.15, -0.1) is 0 Å². The number of carbonyl (C=O) groups excluding carboxylic acids is 1. The molecule has 0 aliphatic carbocycles. The molecular formula is C20H23ClN2O. The molecule has 1 saturated heterocycles. The summed E-state index contributed by atoms with van der Waals surface area (Å²) < 4.78 is 0. The van der Waals surface area contributed by atoms with E-state index in [1.165, 1.54) is 5.56 Å². The maximum Gasteiger partial charge on any atom is 0.317 e. The summed E-state index contributed by atoms with van der Waals surface area (Å²) in [6, 6.07) is 18.2. The molecule has 3 nitrogen and oxygen atoms in total. The van der Waals surface area contributed by atoms with Gasteiger partial charge in [0.25, 0.3) is 0 Å². The van der Waals surface area contributed by atoms with E-state index in [1.807, 2.05) is 29.2 Å². The summed E-state index contributed by atoms with van der Waals surface area (Å²) in [6.07, 6.45) is 3.26. The Morgan fingerprint density at radius 3 is 2.33 bits per heavy atom. The predicted octanol–water partition coefficient (Wildman–Crippen LogP) is 4.50. The zero-order valence-corrected chi connectivity index (χ0v) is 14.5. The number of hydrogen-bond donors (Lipinski definition) is 1. The molecule has 4 heteroatoms. The molecule has 1 aliphatic rings. The van der Waals surface area contributed by atoms with Crippen molar-refractivity contribution in [3.05, 3.63) is 70.7 Å². The van der Waals surface area contributed by atoms with Crippen LogP contribution >= 0.6 is 11.6 Å². The van der Waals surface area contributed by atoms with Gasteiger partial charge in [-0.25, -0.2) is 4.79 Å². The summed E-state index contributed by atoms with van der Waals surface area (Å²) in [7, 11) is 0. The Labute approximate surface area is 148 Å². The van der Waals surface area contributed by atoms with Crippen molar-refractivity contribution in [3.63, 3.8) is 0 Å². The second kappa shape index (κ2) is 8.20. The molecule has 126 valence electrons. The van der Waals surface area contributed by atoms with Gasteiger partial charge in [0, 0.05) is 24.7 Å². The summed E-state index contributed by atoms with van der Waals surface area (Å²) in [5.74, 6) is 0.674. The van der Waals surface area contributed by atoms with Crippen molar-refractivity contribution in [2.45, 2.75) is 25.8 Å². The largest absolute Gasteiger partial charge is 0.334 e. The summed E-state index contributed by atoms with van der Waals surface area (Å²) in [6.45, 7) is 2.22. The number of likely N-dealkylation sites (tertiary alicyclic amines) is 1. The first kappa shape index (κ1) is 16.8. The number of nitrogens with zero attached hydrogens (tertiary/aromatic N) is 1. The Balaban J connectivity index is 1.42. The predicted molar refractivity (Wildman–Crippen MR) is 98.1 cm³/mol. The quantitative estimate of drug-likeness (QED) is 0.871. The fourth-order valence-corrected chi connectivity index (χ4v) is 3.31. The highest BCUT2D eigenvalue weighted by Crippen LogP contribution is 2.21. The van der Waals surface area contributed by atoms with Crippen LogP contribution in [0, 0.1) is 5.92 Å². The molecule has 1 fully saturated rings. The van der Waals surface area contributed by atoms with E-state index in [0.29, 0.717) is 17.5 Å². The molecule has 1 heterocycles. The third-order valence-electron chi connectivity index (χ3n) is 4.63. The van der Waals surface area contributed by atoms with Crippen LogP contribution in [-0.4, -0.2) is 24.0 Å². The third kappa shape index (κ3) is 4.75. The van der Waals surface area contributed by atoms with E-state index in [9.17, 15) is 4.79 Å². The van der Waals surface area contributed by atoms with E-state index in [4.69, 9.17) is 11.6 Å². The Kier molecular flexibility index (Phi) is 5.76. The van der Waals surface area contributed by atoms with Crippen molar-refractivity contribution in [1.29, 1.82) is 0 Å². The van der Waals surface area contributed by atoms with Crippen LogP contribution in [0.15, 0.2) is 54.6 Å². The lowest BCUT2D eigenvalue weighted by Crippen LogP contribution is -2.44. The number of amides is 2. The first-order valence-corrected chi connectivity index (χ1v) is 8.89. The van der Waals surface area contributed by atoms with Gasteiger partial charge < -0.3 is 10.2 Å². The zero-order chi connectivity index (χ0) is 16.8. The minimum absolute atomic E-state index is 0.0307. The number of carbonyl (C=O) groups is 1. The third-order valence-corrected chi connectivity index (χ3v) is 4.88. The number of nitrogens with one attached hydrogen (secondary N) is 1. The van der Waals surface area contributed by atoms with Gasteiger partial charge in [0.15, 0.2) is 0 Å². The van der Waals surface area contributed by atoms with Crippen molar-refractivity contribution in [2.75, 3.05) is 13.1 Å². The van der Waals surface area contributed by atoms with Crippen molar-refractivity contribution in [3.8, 4) is 0 Å². The minimum atomic E-state index is 0.0307. The van der Waals surface area contributed by atoms with E-state index in [2.05, 4.69) is 35.6 Å². The number of hydrogen-bond acceptors (Lipinski definition) is 1. The van der Waals surface area contributed by atoms with Crippen LogP contribution in [0.2, 0.25) is 5.02 Å². The monoisotopic (exact) mass is 342 g/mol. The van der Waals surface area contributed by atoms with Gasteiger partial charge in [0.2, 0.25) is 0 Å². The number of piperidine rings is 1. The molecule has 0 saturated carbocycles. The standard InChI is InChI=1S/C20H23ClN2O/c21-19-8-6-18(7-9-19)15-22-20(24)23-12-10-17(11-13-23)14-16-4-2-1-3-5-16/h1-9,17H,10-15H2,(H,22,24). The van der Waals surface area contributed by atoms with Crippen LogP contribution in [0.3, 0.4) is 0 Å². The fraction of sp³-hybridized carbons (Fsp3) is 0.350. The molecule has 1 N–H and O–H groups in total. The van der Waals surface area contributed by atoms with Crippen LogP contribution in [0.1, 0.15) is 24.0 Å². The molecule has 2 aromatic carbocycles. The first-order chi connectivity index (χ1) is 11.7. The maximum atomic E-state index is 12.3. The SMILES string of the molecule is O=C(NCc1ccc(Cl)cc1)N1CCC(Cc2ccccc2)CC1. The van der Waals surface area contributed by atoms with Crippen molar-refractivity contribution in [1.82, 2.24) is 10.2 Å². The molecule has 0 spiro atoms. The Hall–Kier alpha value is -2.00.